The van der Waals surface area contributed by atoms with Gasteiger partial charge in [-0.1, -0.05) is 29.3 Å². The molecular weight excluding hydrogens is 364 g/mol. The summed E-state index contributed by atoms with van der Waals surface area (Å²) in [6.07, 6.45) is 1.80. The molecule has 6 nitrogen and oxygen atoms in total. The Labute approximate surface area is 164 Å². The lowest BCUT2D eigenvalue weighted by molar-refractivity contribution is -0.125. The highest BCUT2D eigenvalue weighted by Crippen LogP contribution is 2.27. The quantitative estimate of drug-likeness (QED) is 0.848. The first-order valence-electron chi connectivity index (χ1n) is 9.17. The van der Waals surface area contributed by atoms with Gasteiger partial charge in [0.05, 0.1) is 19.1 Å². The fourth-order valence-corrected chi connectivity index (χ4v) is 3.58. The second-order valence-corrected chi connectivity index (χ2v) is 7.36. The van der Waals surface area contributed by atoms with Crippen molar-refractivity contribution in [2.45, 2.75) is 32.7 Å². The highest BCUT2D eigenvalue weighted by molar-refractivity contribution is 6.29. The third-order valence-electron chi connectivity index (χ3n) is 4.94. The lowest BCUT2D eigenvalue weighted by Crippen LogP contribution is -2.44. The van der Waals surface area contributed by atoms with Gasteiger partial charge in [-0.05, 0) is 44.9 Å². The van der Waals surface area contributed by atoms with Gasteiger partial charge in [-0.15, -0.1) is 10.2 Å². The van der Waals surface area contributed by atoms with Crippen LogP contribution in [0.3, 0.4) is 0 Å². The van der Waals surface area contributed by atoms with Crippen LogP contribution in [0.4, 0.5) is 5.82 Å². The molecule has 1 aromatic carbocycles. The predicted octanol–water partition coefficient (Wildman–Crippen LogP) is 3.54. The number of halogens is 1. The third kappa shape index (κ3) is 4.69. The molecule has 0 bridgehead atoms. The van der Waals surface area contributed by atoms with Gasteiger partial charge in [-0.3, -0.25) is 4.79 Å². The van der Waals surface area contributed by atoms with Gasteiger partial charge >= 0.3 is 0 Å². The molecule has 1 saturated heterocycles. The first-order chi connectivity index (χ1) is 13.0. The van der Waals surface area contributed by atoms with E-state index in [-0.39, 0.29) is 17.9 Å². The summed E-state index contributed by atoms with van der Waals surface area (Å²) < 4.78 is 5.45. The van der Waals surface area contributed by atoms with E-state index in [1.54, 1.807) is 13.2 Å². The molecule has 2 aromatic rings. The van der Waals surface area contributed by atoms with Gasteiger partial charge in [0.1, 0.15) is 5.75 Å². The SMILES string of the molecule is COc1ccc(C)cc1[C@H](C)NC(=O)[C@H]1CCCN(c2ccc(Cl)nn2)C1. The zero-order chi connectivity index (χ0) is 19.4. The van der Waals surface area contributed by atoms with Crippen molar-refractivity contribution < 1.29 is 9.53 Å². The molecule has 0 spiro atoms. The van der Waals surface area contributed by atoms with Crippen LogP contribution < -0.4 is 15.0 Å². The number of methoxy groups -OCH3 is 1. The van der Waals surface area contributed by atoms with Crippen LogP contribution in [0.1, 0.15) is 36.9 Å². The number of nitrogens with zero attached hydrogens (tertiary/aromatic N) is 3. The lowest BCUT2D eigenvalue weighted by Gasteiger charge is -2.33. The van der Waals surface area contributed by atoms with Crippen molar-refractivity contribution in [1.82, 2.24) is 15.5 Å². The fourth-order valence-electron chi connectivity index (χ4n) is 3.48. The Morgan fingerprint density at radius 2 is 2.15 bits per heavy atom. The number of benzene rings is 1. The molecule has 1 aliphatic rings. The molecule has 144 valence electrons. The number of rotatable bonds is 5. The monoisotopic (exact) mass is 388 g/mol. The highest BCUT2D eigenvalue weighted by Gasteiger charge is 2.28. The predicted molar refractivity (Wildman–Crippen MR) is 106 cm³/mol. The van der Waals surface area contributed by atoms with E-state index in [1.165, 1.54) is 0 Å². The van der Waals surface area contributed by atoms with E-state index in [9.17, 15) is 4.79 Å². The van der Waals surface area contributed by atoms with Gasteiger partial charge < -0.3 is 15.0 Å². The summed E-state index contributed by atoms with van der Waals surface area (Å²) in [6, 6.07) is 9.44. The molecule has 0 radical (unpaired) electrons. The average molecular weight is 389 g/mol. The Hall–Kier alpha value is -2.34. The van der Waals surface area contributed by atoms with Gasteiger partial charge in [-0.25, -0.2) is 0 Å². The smallest absolute Gasteiger partial charge is 0.225 e. The number of piperidine rings is 1. The van der Waals surface area contributed by atoms with E-state index >= 15 is 0 Å². The minimum absolute atomic E-state index is 0.0534. The number of carbonyl (C=O) groups excluding carboxylic acids is 1. The minimum Gasteiger partial charge on any atom is -0.496 e. The molecule has 1 aliphatic heterocycles. The average Bonchev–Trinajstić information content (AvgIpc) is 2.68. The van der Waals surface area contributed by atoms with Crippen LogP contribution in [0.15, 0.2) is 30.3 Å². The van der Waals surface area contributed by atoms with E-state index in [4.69, 9.17) is 16.3 Å². The van der Waals surface area contributed by atoms with Crippen LogP contribution in [0.5, 0.6) is 5.75 Å². The van der Waals surface area contributed by atoms with Crippen molar-refractivity contribution in [3.63, 3.8) is 0 Å². The van der Waals surface area contributed by atoms with E-state index in [0.29, 0.717) is 11.7 Å². The second-order valence-electron chi connectivity index (χ2n) is 6.98. The van der Waals surface area contributed by atoms with Gasteiger partial charge in [-0.2, -0.15) is 0 Å². The Kier molecular flexibility index (Phi) is 6.16. The second kappa shape index (κ2) is 8.57. The van der Waals surface area contributed by atoms with Gasteiger partial charge in [0, 0.05) is 18.7 Å². The number of amides is 1. The zero-order valence-corrected chi connectivity index (χ0v) is 16.7. The molecular formula is C20H25ClN4O2. The molecule has 1 amide bonds. The maximum absolute atomic E-state index is 12.9. The summed E-state index contributed by atoms with van der Waals surface area (Å²) in [4.78, 5) is 15.0. The van der Waals surface area contributed by atoms with E-state index < -0.39 is 0 Å². The third-order valence-corrected chi connectivity index (χ3v) is 5.15. The molecule has 1 aromatic heterocycles. The molecule has 7 heteroatoms. The summed E-state index contributed by atoms with van der Waals surface area (Å²) in [7, 11) is 1.65. The number of anilines is 1. The first kappa shape index (κ1) is 19.4. The largest absolute Gasteiger partial charge is 0.496 e. The number of ether oxygens (including phenoxy) is 1. The van der Waals surface area contributed by atoms with Crippen molar-refractivity contribution in [3.8, 4) is 5.75 Å². The van der Waals surface area contributed by atoms with Crippen LogP contribution in [0.2, 0.25) is 5.15 Å². The first-order valence-corrected chi connectivity index (χ1v) is 9.55. The Morgan fingerprint density at radius 1 is 1.33 bits per heavy atom. The molecule has 1 N–H and O–H groups in total. The summed E-state index contributed by atoms with van der Waals surface area (Å²) in [5.41, 5.74) is 2.12. The lowest BCUT2D eigenvalue weighted by atomic mass is 9.96. The molecule has 0 aliphatic carbocycles. The minimum atomic E-state index is -0.127. The number of carbonyl (C=O) groups is 1. The Morgan fingerprint density at radius 3 is 2.85 bits per heavy atom. The van der Waals surface area contributed by atoms with Gasteiger partial charge in [0.25, 0.3) is 0 Å². The molecule has 27 heavy (non-hydrogen) atoms. The maximum Gasteiger partial charge on any atom is 0.225 e. The summed E-state index contributed by atoms with van der Waals surface area (Å²) in [5, 5.41) is 11.5. The van der Waals surface area contributed by atoms with Crippen LogP contribution >= 0.6 is 11.6 Å². The number of hydrogen-bond acceptors (Lipinski definition) is 5. The normalized spacial score (nSPS) is 18.1. The van der Waals surface area contributed by atoms with Gasteiger partial charge in [0.15, 0.2) is 11.0 Å². The van der Waals surface area contributed by atoms with Gasteiger partial charge in [0.2, 0.25) is 5.91 Å². The highest BCUT2D eigenvalue weighted by atomic mass is 35.5. The maximum atomic E-state index is 12.9. The van der Waals surface area contributed by atoms with Crippen molar-refractivity contribution in [2.75, 3.05) is 25.1 Å². The van der Waals surface area contributed by atoms with Crippen molar-refractivity contribution in [2.24, 2.45) is 5.92 Å². The number of aryl methyl sites for hydroxylation is 1. The van der Waals surface area contributed by atoms with E-state index in [0.717, 1.165) is 42.1 Å². The number of nitrogens with one attached hydrogen (secondary N) is 1. The van der Waals surface area contributed by atoms with Crippen molar-refractivity contribution in [3.05, 3.63) is 46.6 Å². The molecule has 0 saturated carbocycles. The fraction of sp³-hybridized carbons (Fsp3) is 0.450. The topological polar surface area (TPSA) is 67.3 Å². The van der Waals surface area contributed by atoms with E-state index in [2.05, 4.69) is 26.5 Å². The van der Waals surface area contributed by atoms with E-state index in [1.807, 2.05) is 32.0 Å². The molecule has 1 fully saturated rings. The summed E-state index contributed by atoms with van der Waals surface area (Å²) in [6.45, 7) is 5.51. The number of aromatic nitrogens is 2. The summed E-state index contributed by atoms with van der Waals surface area (Å²) >= 11 is 5.81. The van der Waals surface area contributed by atoms with Crippen molar-refractivity contribution in [1.29, 1.82) is 0 Å². The Balaban J connectivity index is 1.67. The van der Waals surface area contributed by atoms with Crippen LogP contribution in [0, 0.1) is 12.8 Å². The summed E-state index contributed by atoms with van der Waals surface area (Å²) in [5.74, 6) is 1.51. The molecule has 3 rings (SSSR count). The molecule has 0 unspecified atom stereocenters. The van der Waals surface area contributed by atoms with Crippen LogP contribution in [-0.4, -0.2) is 36.3 Å². The van der Waals surface area contributed by atoms with Crippen LogP contribution in [-0.2, 0) is 4.79 Å². The molecule has 2 heterocycles. The number of hydrogen-bond donors (Lipinski definition) is 1. The molecule has 2 atom stereocenters. The van der Waals surface area contributed by atoms with Crippen LogP contribution in [0.25, 0.3) is 0 Å². The van der Waals surface area contributed by atoms with Crippen molar-refractivity contribution >= 4 is 23.3 Å². The zero-order valence-electron chi connectivity index (χ0n) is 15.9. The standard InChI is InChI=1S/C20H25ClN4O2/c1-13-6-7-17(27-3)16(11-13)14(2)22-20(26)15-5-4-10-25(12-15)19-9-8-18(21)23-24-19/h6-9,11,14-15H,4-5,10,12H2,1-3H3,(H,22,26)/t14-,15-/m0/s1. The Bertz CT molecular complexity index is 797.